The van der Waals surface area contributed by atoms with Gasteiger partial charge >= 0.3 is 0 Å². The SMILES string of the molecule is CN(C)CC=CC(=O)Cl.Cl. The van der Waals surface area contributed by atoms with Crippen molar-refractivity contribution >= 4 is 29.3 Å². The van der Waals surface area contributed by atoms with Crippen LogP contribution >= 0.6 is 24.0 Å². The van der Waals surface area contributed by atoms with Crippen molar-refractivity contribution in [1.29, 1.82) is 0 Å². The van der Waals surface area contributed by atoms with Crippen molar-refractivity contribution in [2.45, 2.75) is 0 Å². The number of nitrogens with zero attached hydrogens (tertiary/aromatic N) is 1. The molecule has 0 aliphatic heterocycles. The summed E-state index contributed by atoms with van der Waals surface area (Å²) in [5.74, 6) is 0. The van der Waals surface area contributed by atoms with E-state index in [-0.39, 0.29) is 12.4 Å². The van der Waals surface area contributed by atoms with Crippen LogP contribution in [0, 0.1) is 0 Å². The van der Waals surface area contributed by atoms with E-state index in [1.807, 2.05) is 19.0 Å². The lowest BCUT2D eigenvalue weighted by molar-refractivity contribution is -0.107. The molecule has 0 aliphatic rings. The third kappa shape index (κ3) is 10.8. The molecule has 0 radical (unpaired) electrons. The highest BCUT2D eigenvalue weighted by atomic mass is 35.5. The summed E-state index contributed by atoms with van der Waals surface area (Å²) in [6.45, 7) is 0.748. The molecule has 0 bridgehead atoms. The Balaban J connectivity index is 0. The average molecular weight is 184 g/mol. The highest BCUT2D eigenvalue weighted by Crippen LogP contribution is 1.83. The fourth-order valence-corrected chi connectivity index (χ4v) is 0.445. The smallest absolute Gasteiger partial charge is 0.244 e. The maximum Gasteiger partial charge on any atom is 0.244 e. The zero-order valence-corrected chi connectivity index (χ0v) is 7.58. The summed E-state index contributed by atoms with van der Waals surface area (Å²) in [6.07, 6.45) is 3.07. The summed E-state index contributed by atoms with van der Waals surface area (Å²) in [7, 11) is 3.84. The quantitative estimate of drug-likeness (QED) is 0.486. The lowest BCUT2D eigenvalue weighted by atomic mass is 10.5. The minimum Gasteiger partial charge on any atom is -0.306 e. The molecule has 0 saturated carbocycles. The lowest BCUT2D eigenvalue weighted by Gasteiger charge is -2.02. The van der Waals surface area contributed by atoms with Gasteiger partial charge in [0.2, 0.25) is 5.24 Å². The normalized spacial score (nSPS) is 10.0. The van der Waals surface area contributed by atoms with Gasteiger partial charge in [0.05, 0.1) is 0 Å². The van der Waals surface area contributed by atoms with Gasteiger partial charge in [-0.15, -0.1) is 12.4 Å². The van der Waals surface area contributed by atoms with E-state index in [0.29, 0.717) is 0 Å². The van der Waals surface area contributed by atoms with Gasteiger partial charge in [-0.3, -0.25) is 4.79 Å². The van der Waals surface area contributed by atoms with Crippen LogP contribution < -0.4 is 0 Å². The molecule has 0 aromatic rings. The first-order valence-electron chi connectivity index (χ1n) is 2.63. The second-order valence-corrected chi connectivity index (χ2v) is 2.34. The van der Waals surface area contributed by atoms with E-state index in [9.17, 15) is 4.79 Å². The molecule has 0 aliphatic carbocycles. The molecule has 60 valence electrons. The molecule has 0 heterocycles. The molecular weight excluding hydrogens is 173 g/mol. The molecule has 4 heteroatoms. The Labute approximate surface area is 72.3 Å². The fourth-order valence-electron chi connectivity index (χ4n) is 0.356. The number of hydrogen-bond acceptors (Lipinski definition) is 2. The summed E-state index contributed by atoms with van der Waals surface area (Å²) in [5, 5.41) is -0.420. The summed E-state index contributed by atoms with van der Waals surface area (Å²) < 4.78 is 0. The van der Waals surface area contributed by atoms with Crippen molar-refractivity contribution < 1.29 is 4.79 Å². The standard InChI is InChI=1S/C6H10ClNO.ClH/c1-8(2)5-3-4-6(7)9;/h3-4H,5H2,1-2H3;1H. The first-order valence-corrected chi connectivity index (χ1v) is 3.01. The molecule has 0 aromatic heterocycles. The maximum absolute atomic E-state index is 10.1. The first kappa shape index (κ1) is 12.6. The van der Waals surface area contributed by atoms with Crippen molar-refractivity contribution in [1.82, 2.24) is 4.90 Å². The van der Waals surface area contributed by atoms with Crippen LogP contribution in [0.5, 0.6) is 0 Å². The predicted molar refractivity (Wildman–Crippen MR) is 45.8 cm³/mol. The zero-order chi connectivity index (χ0) is 7.28. The summed E-state index contributed by atoms with van der Waals surface area (Å²) in [4.78, 5) is 12.0. The third-order valence-corrected chi connectivity index (χ3v) is 0.845. The Morgan fingerprint density at radius 2 is 2.10 bits per heavy atom. The molecule has 10 heavy (non-hydrogen) atoms. The van der Waals surface area contributed by atoms with Crippen molar-refractivity contribution in [3.8, 4) is 0 Å². The minimum atomic E-state index is -0.420. The van der Waals surface area contributed by atoms with Gasteiger partial charge in [-0.05, 0) is 31.8 Å². The highest BCUT2D eigenvalue weighted by Gasteiger charge is 1.85. The number of carbonyl (C=O) groups excluding carboxylic acids is 1. The molecule has 0 unspecified atom stereocenters. The topological polar surface area (TPSA) is 20.3 Å². The van der Waals surface area contributed by atoms with E-state index in [2.05, 4.69) is 0 Å². The van der Waals surface area contributed by atoms with Crippen LogP contribution in [0.25, 0.3) is 0 Å². The summed E-state index contributed by atoms with van der Waals surface area (Å²) in [5.41, 5.74) is 0. The van der Waals surface area contributed by atoms with E-state index in [1.54, 1.807) is 6.08 Å². The molecule has 0 amide bonds. The van der Waals surface area contributed by atoms with Crippen molar-refractivity contribution in [3.63, 3.8) is 0 Å². The van der Waals surface area contributed by atoms with Crippen molar-refractivity contribution in [3.05, 3.63) is 12.2 Å². The van der Waals surface area contributed by atoms with Crippen LogP contribution in [0.4, 0.5) is 0 Å². The van der Waals surface area contributed by atoms with Gasteiger partial charge in [0.25, 0.3) is 0 Å². The van der Waals surface area contributed by atoms with Gasteiger partial charge < -0.3 is 4.90 Å². The van der Waals surface area contributed by atoms with Crippen LogP contribution in [-0.2, 0) is 4.79 Å². The minimum absolute atomic E-state index is 0. The molecule has 0 aromatic carbocycles. The number of rotatable bonds is 3. The van der Waals surface area contributed by atoms with Gasteiger partial charge in [-0.2, -0.15) is 0 Å². The zero-order valence-electron chi connectivity index (χ0n) is 6.00. The summed E-state index contributed by atoms with van der Waals surface area (Å²) in [6, 6.07) is 0. The Bertz CT molecular complexity index is 123. The number of carbonyl (C=O) groups is 1. The Hall–Kier alpha value is -0.0500. The molecule has 0 saturated heterocycles. The van der Waals surface area contributed by atoms with E-state index < -0.39 is 5.24 Å². The molecule has 2 nitrogen and oxygen atoms in total. The first-order chi connectivity index (χ1) is 4.13. The van der Waals surface area contributed by atoms with E-state index in [4.69, 9.17) is 11.6 Å². The van der Waals surface area contributed by atoms with Gasteiger partial charge in [0, 0.05) is 6.54 Å². The number of halogens is 2. The second kappa shape index (κ2) is 7.06. The summed E-state index contributed by atoms with van der Waals surface area (Å²) >= 11 is 5.02. The van der Waals surface area contributed by atoms with Gasteiger partial charge in [0.15, 0.2) is 0 Å². The maximum atomic E-state index is 10.1. The fraction of sp³-hybridized carbons (Fsp3) is 0.500. The molecule has 0 rings (SSSR count). The largest absolute Gasteiger partial charge is 0.306 e. The Kier molecular flexibility index (Phi) is 8.91. The predicted octanol–water partition coefficient (Wildman–Crippen LogP) is 1.29. The lowest BCUT2D eigenvalue weighted by Crippen LogP contribution is -2.10. The van der Waals surface area contributed by atoms with Crippen LogP contribution in [0.15, 0.2) is 12.2 Å². The Morgan fingerprint density at radius 1 is 1.60 bits per heavy atom. The van der Waals surface area contributed by atoms with Crippen molar-refractivity contribution in [2.24, 2.45) is 0 Å². The van der Waals surface area contributed by atoms with Gasteiger partial charge in [0.1, 0.15) is 0 Å². The molecule has 0 atom stereocenters. The van der Waals surface area contributed by atoms with E-state index >= 15 is 0 Å². The molecule has 0 N–H and O–H groups in total. The van der Waals surface area contributed by atoms with Crippen molar-refractivity contribution in [2.75, 3.05) is 20.6 Å². The van der Waals surface area contributed by atoms with Gasteiger partial charge in [-0.25, -0.2) is 0 Å². The number of hydrogen-bond donors (Lipinski definition) is 0. The number of allylic oxidation sites excluding steroid dienone is 1. The van der Waals surface area contributed by atoms with Crippen LogP contribution in [0.1, 0.15) is 0 Å². The third-order valence-electron chi connectivity index (χ3n) is 0.719. The van der Waals surface area contributed by atoms with Crippen LogP contribution in [0.2, 0.25) is 0 Å². The van der Waals surface area contributed by atoms with E-state index in [0.717, 1.165) is 6.54 Å². The Morgan fingerprint density at radius 3 is 2.40 bits per heavy atom. The van der Waals surface area contributed by atoms with Crippen LogP contribution in [-0.4, -0.2) is 30.8 Å². The molecule has 0 fully saturated rings. The second-order valence-electron chi connectivity index (χ2n) is 1.97. The molecular formula is C6H11Cl2NO. The molecule has 0 spiro atoms. The van der Waals surface area contributed by atoms with E-state index in [1.165, 1.54) is 6.08 Å². The average Bonchev–Trinajstić information content (AvgIpc) is 1.63. The number of likely N-dealkylation sites (N-methyl/N-ethyl adjacent to an activating group) is 1. The monoisotopic (exact) mass is 183 g/mol. The van der Waals surface area contributed by atoms with Gasteiger partial charge in [-0.1, -0.05) is 6.08 Å². The van der Waals surface area contributed by atoms with Crippen LogP contribution in [0.3, 0.4) is 0 Å². The highest BCUT2D eigenvalue weighted by molar-refractivity contribution is 6.66.